The molecule has 6 heteroatoms. The summed E-state index contributed by atoms with van der Waals surface area (Å²) in [5, 5.41) is 4.06. The molecule has 0 fully saturated rings. The summed E-state index contributed by atoms with van der Waals surface area (Å²) < 4.78 is 1.54. The van der Waals surface area contributed by atoms with Gasteiger partial charge in [-0.3, -0.25) is 4.79 Å². The highest BCUT2D eigenvalue weighted by atomic mass is 16.2. The fourth-order valence-electron chi connectivity index (χ4n) is 3.07. The predicted molar refractivity (Wildman–Crippen MR) is 98.8 cm³/mol. The first kappa shape index (κ1) is 16.2. The van der Waals surface area contributed by atoms with Crippen molar-refractivity contribution in [2.24, 2.45) is 0 Å². The van der Waals surface area contributed by atoms with Gasteiger partial charge in [0.05, 0.1) is 0 Å². The first-order valence-corrected chi connectivity index (χ1v) is 8.57. The Balaban J connectivity index is 1.50. The molecule has 0 atom stereocenters. The third-order valence-corrected chi connectivity index (χ3v) is 4.56. The zero-order chi connectivity index (χ0) is 17.9. The highest BCUT2D eigenvalue weighted by Crippen LogP contribution is 2.23. The van der Waals surface area contributed by atoms with Crippen LogP contribution in [-0.2, 0) is 0 Å². The Kier molecular flexibility index (Phi) is 4.31. The Morgan fingerprint density at radius 3 is 2.69 bits per heavy atom. The Morgan fingerprint density at radius 1 is 1.15 bits per heavy atom. The van der Waals surface area contributed by atoms with Crippen molar-refractivity contribution >= 4 is 11.5 Å². The molecule has 26 heavy (non-hydrogen) atoms. The largest absolute Gasteiger partial charge is 0.335 e. The van der Waals surface area contributed by atoms with Crippen molar-refractivity contribution in [3.63, 3.8) is 0 Å². The summed E-state index contributed by atoms with van der Waals surface area (Å²) in [7, 11) is 0. The summed E-state index contributed by atoms with van der Waals surface area (Å²) in [6.07, 6.45) is 7.63. The number of carbonyl (C=O) groups excluding carboxylic acids is 1. The molecule has 4 rings (SSSR count). The van der Waals surface area contributed by atoms with E-state index in [2.05, 4.69) is 52.3 Å². The SMILES string of the molecule is Cc1ccc(C2=CCN(C(=O)c3ccnc(-n4cncn4)c3)CC2)cc1. The minimum atomic E-state index is 0.00738. The lowest BCUT2D eigenvalue weighted by Gasteiger charge is -2.27. The maximum atomic E-state index is 12.8. The van der Waals surface area contributed by atoms with Crippen LogP contribution in [0, 0.1) is 6.92 Å². The normalized spacial score (nSPS) is 14.2. The molecule has 0 spiro atoms. The number of carbonyl (C=O) groups is 1. The van der Waals surface area contributed by atoms with Crippen molar-refractivity contribution in [1.29, 1.82) is 0 Å². The lowest BCUT2D eigenvalue weighted by molar-refractivity contribution is 0.0772. The lowest BCUT2D eigenvalue weighted by atomic mass is 9.98. The maximum absolute atomic E-state index is 12.8. The van der Waals surface area contributed by atoms with Gasteiger partial charge < -0.3 is 4.90 Å². The zero-order valence-electron chi connectivity index (χ0n) is 14.5. The van der Waals surface area contributed by atoms with Gasteiger partial charge in [-0.15, -0.1) is 0 Å². The van der Waals surface area contributed by atoms with E-state index in [9.17, 15) is 4.79 Å². The van der Waals surface area contributed by atoms with Crippen LogP contribution < -0.4 is 0 Å². The molecule has 0 radical (unpaired) electrons. The second-order valence-electron chi connectivity index (χ2n) is 6.34. The molecule has 0 aliphatic carbocycles. The van der Waals surface area contributed by atoms with Crippen LogP contribution in [0.2, 0.25) is 0 Å². The average Bonchev–Trinajstić information content (AvgIpc) is 3.23. The smallest absolute Gasteiger partial charge is 0.254 e. The molecule has 1 aromatic carbocycles. The fraction of sp³-hybridized carbons (Fsp3) is 0.200. The highest BCUT2D eigenvalue weighted by Gasteiger charge is 2.20. The minimum Gasteiger partial charge on any atom is -0.335 e. The summed E-state index contributed by atoms with van der Waals surface area (Å²) in [5.41, 5.74) is 4.40. The number of hydrogen-bond donors (Lipinski definition) is 0. The van der Waals surface area contributed by atoms with Crippen LogP contribution >= 0.6 is 0 Å². The molecule has 0 bridgehead atoms. The van der Waals surface area contributed by atoms with Gasteiger partial charge in [0.25, 0.3) is 5.91 Å². The first-order chi connectivity index (χ1) is 12.7. The Hall–Kier alpha value is -3.28. The van der Waals surface area contributed by atoms with Crippen LogP contribution in [0.4, 0.5) is 0 Å². The van der Waals surface area contributed by atoms with E-state index in [1.165, 1.54) is 23.0 Å². The maximum Gasteiger partial charge on any atom is 0.254 e. The third-order valence-electron chi connectivity index (χ3n) is 4.56. The van der Waals surface area contributed by atoms with Crippen LogP contribution in [0.1, 0.15) is 27.9 Å². The van der Waals surface area contributed by atoms with Crippen LogP contribution in [0.25, 0.3) is 11.4 Å². The van der Waals surface area contributed by atoms with E-state index < -0.39 is 0 Å². The molecule has 2 aromatic heterocycles. The van der Waals surface area contributed by atoms with E-state index in [1.54, 1.807) is 29.3 Å². The van der Waals surface area contributed by atoms with Crippen molar-refractivity contribution in [3.8, 4) is 5.82 Å². The summed E-state index contributed by atoms with van der Waals surface area (Å²) in [5.74, 6) is 0.592. The molecule has 1 amide bonds. The molecule has 0 N–H and O–H groups in total. The second kappa shape index (κ2) is 6.92. The second-order valence-corrected chi connectivity index (χ2v) is 6.34. The number of hydrogen-bond acceptors (Lipinski definition) is 4. The van der Waals surface area contributed by atoms with Gasteiger partial charge in [0.15, 0.2) is 5.82 Å². The number of nitrogens with zero attached hydrogens (tertiary/aromatic N) is 5. The third kappa shape index (κ3) is 3.26. The van der Waals surface area contributed by atoms with E-state index in [0.717, 1.165) is 6.42 Å². The lowest BCUT2D eigenvalue weighted by Crippen LogP contribution is -2.34. The Labute approximate surface area is 151 Å². The fourth-order valence-corrected chi connectivity index (χ4v) is 3.07. The number of rotatable bonds is 3. The van der Waals surface area contributed by atoms with Gasteiger partial charge >= 0.3 is 0 Å². The summed E-state index contributed by atoms with van der Waals surface area (Å²) in [4.78, 5) is 22.9. The standard InChI is InChI=1S/C20H19N5O/c1-15-2-4-16(5-3-15)17-7-10-24(11-8-17)20(26)18-6-9-22-19(12-18)25-14-21-13-23-25/h2-7,9,12-14H,8,10-11H2,1H3. The topological polar surface area (TPSA) is 63.9 Å². The van der Waals surface area contributed by atoms with Crippen molar-refractivity contribution in [1.82, 2.24) is 24.6 Å². The van der Waals surface area contributed by atoms with Gasteiger partial charge in [-0.1, -0.05) is 35.9 Å². The van der Waals surface area contributed by atoms with Crippen molar-refractivity contribution in [2.45, 2.75) is 13.3 Å². The molecular weight excluding hydrogens is 326 g/mol. The molecule has 0 saturated carbocycles. The highest BCUT2D eigenvalue weighted by molar-refractivity contribution is 5.95. The van der Waals surface area contributed by atoms with Gasteiger partial charge in [-0.2, -0.15) is 5.10 Å². The minimum absolute atomic E-state index is 0.00738. The van der Waals surface area contributed by atoms with E-state index in [4.69, 9.17) is 0 Å². The molecule has 0 unspecified atom stereocenters. The number of amides is 1. The summed E-state index contributed by atoms with van der Waals surface area (Å²) in [6, 6.07) is 12.0. The van der Waals surface area contributed by atoms with Gasteiger partial charge in [0.1, 0.15) is 12.7 Å². The average molecular weight is 345 g/mol. The number of pyridine rings is 1. The van der Waals surface area contributed by atoms with E-state index in [1.807, 2.05) is 4.90 Å². The molecular formula is C20H19N5O. The molecule has 1 aliphatic heterocycles. The summed E-state index contributed by atoms with van der Waals surface area (Å²) in [6.45, 7) is 3.41. The monoisotopic (exact) mass is 345 g/mol. The van der Waals surface area contributed by atoms with Gasteiger partial charge in [-0.05, 0) is 36.6 Å². The molecule has 130 valence electrons. The van der Waals surface area contributed by atoms with Crippen molar-refractivity contribution in [2.75, 3.05) is 13.1 Å². The van der Waals surface area contributed by atoms with Crippen LogP contribution in [0.15, 0.2) is 61.3 Å². The van der Waals surface area contributed by atoms with E-state index >= 15 is 0 Å². The van der Waals surface area contributed by atoms with Gasteiger partial charge in [0.2, 0.25) is 0 Å². The van der Waals surface area contributed by atoms with E-state index in [0.29, 0.717) is 24.5 Å². The summed E-state index contributed by atoms with van der Waals surface area (Å²) >= 11 is 0. The molecule has 3 aromatic rings. The number of benzene rings is 1. The number of aromatic nitrogens is 4. The quantitative estimate of drug-likeness (QED) is 0.732. The molecule has 1 aliphatic rings. The predicted octanol–water partition coefficient (Wildman–Crippen LogP) is 2.90. The van der Waals surface area contributed by atoms with E-state index in [-0.39, 0.29) is 5.91 Å². The zero-order valence-corrected chi connectivity index (χ0v) is 14.5. The molecule has 6 nitrogen and oxygen atoms in total. The van der Waals surface area contributed by atoms with Crippen molar-refractivity contribution in [3.05, 3.63) is 78.0 Å². The number of aryl methyl sites for hydroxylation is 1. The van der Waals surface area contributed by atoms with Crippen molar-refractivity contribution < 1.29 is 4.79 Å². The molecule has 0 saturated heterocycles. The van der Waals surface area contributed by atoms with Gasteiger partial charge in [0, 0.05) is 24.8 Å². The molecule has 3 heterocycles. The Morgan fingerprint density at radius 2 is 2.00 bits per heavy atom. The first-order valence-electron chi connectivity index (χ1n) is 8.57. The van der Waals surface area contributed by atoms with Crippen LogP contribution in [-0.4, -0.2) is 43.6 Å². The van der Waals surface area contributed by atoms with Crippen LogP contribution in [0.3, 0.4) is 0 Å². The Bertz CT molecular complexity index is 945. The van der Waals surface area contributed by atoms with Crippen LogP contribution in [0.5, 0.6) is 0 Å². The van der Waals surface area contributed by atoms with Gasteiger partial charge in [-0.25, -0.2) is 14.6 Å².